The molecule has 0 radical (unpaired) electrons. The molecule has 15 heavy (non-hydrogen) atoms. The smallest absolute Gasteiger partial charge is 0.310 e. The Morgan fingerprint density at radius 1 is 1.73 bits per heavy atom. The molecule has 0 aliphatic heterocycles. The standard InChI is InChI=1S/C10H10N2O3/c1-2-15-10(14)4-7-3-9(13)8(5-11)12-6-7/h3,6,13H,2,4H2,1H3. The van der Waals surface area contributed by atoms with Crippen molar-refractivity contribution in [3.63, 3.8) is 0 Å². The highest BCUT2D eigenvalue weighted by Crippen LogP contribution is 2.15. The number of carbonyl (C=O) groups is 1. The Kier molecular flexibility index (Phi) is 3.63. The molecule has 0 aliphatic carbocycles. The second kappa shape index (κ2) is 4.96. The van der Waals surface area contributed by atoms with Crippen LogP contribution in [0.15, 0.2) is 12.3 Å². The lowest BCUT2D eigenvalue weighted by Crippen LogP contribution is -2.07. The summed E-state index contributed by atoms with van der Waals surface area (Å²) in [5.41, 5.74) is 0.465. The van der Waals surface area contributed by atoms with Gasteiger partial charge in [0.1, 0.15) is 6.07 Å². The average molecular weight is 206 g/mol. The van der Waals surface area contributed by atoms with Gasteiger partial charge < -0.3 is 9.84 Å². The van der Waals surface area contributed by atoms with Gasteiger partial charge in [-0.2, -0.15) is 5.26 Å². The minimum absolute atomic E-state index is 0.0418. The van der Waals surface area contributed by atoms with Gasteiger partial charge in [0, 0.05) is 6.20 Å². The molecular weight excluding hydrogens is 196 g/mol. The van der Waals surface area contributed by atoms with E-state index in [1.165, 1.54) is 12.3 Å². The third-order valence-corrected chi connectivity index (χ3v) is 1.68. The van der Waals surface area contributed by atoms with Gasteiger partial charge in [0.2, 0.25) is 0 Å². The predicted molar refractivity (Wildman–Crippen MR) is 51.0 cm³/mol. The Balaban J connectivity index is 2.76. The summed E-state index contributed by atoms with van der Waals surface area (Å²) >= 11 is 0. The van der Waals surface area contributed by atoms with Crippen LogP contribution in [0.25, 0.3) is 0 Å². The molecule has 1 aromatic rings. The second-order valence-corrected chi connectivity index (χ2v) is 2.80. The number of esters is 1. The highest BCUT2D eigenvalue weighted by Gasteiger charge is 2.07. The van der Waals surface area contributed by atoms with Crippen molar-refractivity contribution in [2.45, 2.75) is 13.3 Å². The van der Waals surface area contributed by atoms with E-state index in [1.807, 2.05) is 0 Å². The first-order valence-electron chi connectivity index (χ1n) is 4.41. The zero-order valence-corrected chi connectivity index (χ0v) is 8.23. The molecule has 0 atom stereocenters. The summed E-state index contributed by atoms with van der Waals surface area (Å²) in [6, 6.07) is 3.06. The lowest BCUT2D eigenvalue weighted by atomic mass is 10.2. The van der Waals surface area contributed by atoms with Crippen LogP contribution in [0.5, 0.6) is 5.75 Å². The average Bonchev–Trinajstić information content (AvgIpc) is 2.18. The topological polar surface area (TPSA) is 83.2 Å². The Bertz CT molecular complexity index is 410. The number of aromatic hydroxyl groups is 1. The number of nitrogens with zero attached hydrogens (tertiary/aromatic N) is 2. The van der Waals surface area contributed by atoms with Crippen molar-refractivity contribution >= 4 is 5.97 Å². The maximum atomic E-state index is 11.1. The van der Waals surface area contributed by atoms with Gasteiger partial charge in [-0.1, -0.05) is 0 Å². The first kappa shape index (κ1) is 11.0. The van der Waals surface area contributed by atoms with Gasteiger partial charge in [-0.05, 0) is 18.6 Å². The summed E-state index contributed by atoms with van der Waals surface area (Å²) in [6.07, 6.45) is 1.41. The van der Waals surface area contributed by atoms with Crippen LogP contribution >= 0.6 is 0 Å². The summed E-state index contributed by atoms with van der Waals surface area (Å²) in [6.45, 7) is 2.03. The summed E-state index contributed by atoms with van der Waals surface area (Å²) in [5, 5.41) is 17.8. The monoisotopic (exact) mass is 206 g/mol. The number of carbonyl (C=O) groups excluding carboxylic acids is 1. The number of rotatable bonds is 3. The van der Waals surface area contributed by atoms with Crippen LogP contribution in [0.4, 0.5) is 0 Å². The lowest BCUT2D eigenvalue weighted by molar-refractivity contribution is -0.142. The van der Waals surface area contributed by atoms with Crippen molar-refractivity contribution in [1.82, 2.24) is 4.98 Å². The van der Waals surface area contributed by atoms with Gasteiger partial charge >= 0.3 is 5.97 Å². The van der Waals surface area contributed by atoms with Crippen LogP contribution in [0.3, 0.4) is 0 Å². The first-order chi connectivity index (χ1) is 7.17. The van der Waals surface area contributed by atoms with Crippen LogP contribution in [-0.2, 0) is 16.0 Å². The maximum absolute atomic E-state index is 11.1. The van der Waals surface area contributed by atoms with E-state index in [4.69, 9.17) is 10.00 Å². The Morgan fingerprint density at radius 3 is 3.00 bits per heavy atom. The fraction of sp³-hybridized carbons (Fsp3) is 0.300. The van der Waals surface area contributed by atoms with E-state index < -0.39 is 0 Å². The molecule has 1 aromatic heterocycles. The number of nitriles is 1. The van der Waals surface area contributed by atoms with Crippen molar-refractivity contribution in [3.05, 3.63) is 23.5 Å². The number of ether oxygens (including phenoxy) is 1. The second-order valence-electron chi connectivity index (χ2n) is 2.80. The summed E-state index contributed by atoms with van der Waals surface area (Å²) < 4.78 is 4.73. The normalized spacial score (nSPS) is 9.33. The van der Waals surface area contributed by atoms with Gasteiger partial charge in [-0.25, -0.2) is 4.98 Å². The van der Waals surface area contributed by atoms with E-state index in [1.54, 1.807) is 13.0 Å². The molecule has 5 nitrogen and oxygen atoms in total. The first-order valence-corrected chi connectivity index (χ1v) is 4.41. The fourth-order valence-corrected chi connectivity index (χ4v) is 1.06. The van der Waals surface area contributed by atoms with E-state index in [-0.39, 0.29) is 23.8 Å². The molecule has 78 valence electrons. The van der Waals surface area contributed by atoms with Gasteiger partial charge in [0.15, 0.2) is 11.4 Å². The van der Waals surface area contributed by atoms with Crippen molar-refractivity contribution in [2.75, 3.05) is 6.61 Å². The van der Waals surface area contributed by atoms with Gasteiger partial charge in [0.25, 0.3) is 0 Å². The molecule has 0 saturated carbocycles. The molecule has 1 rings (SSSR count). The zero-order valence-electron chi connectivity index (χ0n) is 8.23. The van der Waals surface area contributed by atoms with Crippen LogP contribution in [0.2, 0.25) is 0 Å². The van der Waals surface area contributed by atoms with Crippen LogP contribution in [0, 0.1) is 11.3 Å². The van der Waals surface area contributed by atoms with E-state index in [2.05, 4.69) is 4.98 Å². The SMILES string of the molecule is CCOC(=O)Cc1cnc(C#N)c(O)c1. The van der Waals surface area contributed by atoms with Gasteiger partial charge in [0.05, 0.1) is 13.0 Å². The minimum Gasteiger partial charge on any atom is -0.505 e. The molecule has 1 heterocycles. The highest BCUT2D eigenvalue weighted by molar-refractivity contribution is 5.72. The number of hydrogen-bond donors (Lipinski definition) is 1. The largest absolute Gasteiger partial charge is 0.505 e. The zero-order chi connectivity index (χ0) is 11.3. The molecular formula is C10H10N2O3. The quantitative estimate of drug-likeness (QED) is 0.738. The van der Waals surface area contributed by atoms with E-state index in [0.29, 0.717) is 12.2 Å². The molecule has 5 heteroatoms. The third-order valence-electron chi connectivity index (χ3n) is 1.68. The minimum atomic E-state index is -0.386. The van der Waals surface area contributed by atoms with Crippen molar-refractivity contribution in [1.29, 1.82) is 5.26 Å². The van der Waals surface area contributed by atoms with Crippen molar-refractivity contribution < 1.29 is 14.6 Å². The predicted octanol–water partition coefficient (Wildman–Crippen LogP) is 0.764. The number of aromatic nitrogens is 1. The van der Waals surface area contributed by atoms with Crippen LogP contribution in [0.1, 0.15) is 18.2 Å². The fourth-order valence-electron chi connectivity index (χ4n) is 1.06. The summed E-state index contributed by atoms with van der Waals surface area (Å²) in [7, 11) is 0. The number of hydrogen-bond acceptors (Lipinski definition) is 5. The molecule has 0 spiro atoms. The molecule has 1 N–H and O–H groups in total. The van der Waals surface area contributed by atoms with Crippen LogP contribution in [-0.4, -0.2) is 22.7 Å². The molecule has 0 fully saturated rings. The molecule has 0 unspecified atom stereocenters. The maximum Gasteiger partial charge on any atom is 0.310 e. The lowest BCUT2D eigenvalue weighted by Gasteiger charge is -2.02. The van der Waals surface area contributed by atoms with Gasteiger partial charge in [-0.3, -0.25) is 4.79 Å². The van der Waals surface area contributed by atoms with E-state index in [9.17, 15) is 9.90 Å². The third kappa shape index (κ3) is 2.95. The molecule has 0 bridgehead atoms. The summed E-state index contributed by atoms with van der Waals surface area (Å²) in [5.74, 6) is -0.609. The Morgan fingerprint density at radius 2 is 2.47 bits per heavy atom. The molecule has 0 aromatic carbocycles. The Hall–Kier alpha value is -2.09. The van der Waals surface area contributed by atoms with Crippen molar-refractivity contribution in [2.24, 2.45) is 0 Å². The van der Waals surface area contributed by atoms with Crippen LogP contribution < -0.4 is 0 Å². The van der Waals surface area contributed by atoms with E-state index in [0.717, 1.165) is 0 Å². The number of pyridine rings is 1. The van der Waals surface area contributed by atoms with Crippen molar-refractivity contribution in [3.8, 4) is 11.8 Å². The molecule has 0 saturated heterocycles. The molecule has 0 aliphatic rings. The highest BCUT2D eigenvalue weighted by atomic mass is 16.5. The Labute approximate surface area is 86.9 Å². The van der Waals surface area contributed by atoms with Gasteiger partial charge in [-0.15, -0.1) is 0 Å². The molecule has 0 amide bonds. The van der Waals surface area contributed by atoms with E-state index >= 15 is 0 Å². The summed E-state index contributed by atoms with van der Waals surface area (Å²) in [4.78, 5) is 14.8.